The summed E-state index contributed by atoms with van der Waals surface area (Å²) >= 11 is 5.95. The molecule has 0 saturated heterocycles. The Morgan fingerprint density at radius 3 is 2.68 bits per heavy atom. The second-order valence-corrected chi connectivity index (χ2v) is 7.39. The van der Waals surface area contributed by atoms with Crippen LogP contribution in [0.15, 0.2) is 77.3 Å². The average molecular weight is 433 g/mol. The zero-order chi connectivity index (χ0) is 21.2. The van der Waals surface area contributed by atoms with Crippen molar-refractivity contribution in [3.8, 4) is 34.3 Å². The van der Waals surface area contributed by atoms with Gasteiger partial charge >= 0.3 is 0 Å². The second-order valence-electron chi connectivity index (χ2n) is 6.95. The molecule has 6 nitrogen and oxygen atoms in total. The van der Waals surface area contributed by atoms with E-state index in [1.54, 1.807) is 24.4 Å². The predicted molar refractivity (Wildman–Crippen MR) is 116 cm³/mol. The lowest BCUT2D eigenvalue weighted by Gasteiger charge is -2.09. The van der Waals surface area contributed by atoms with Gasteiger partial charge in [0.1, 0.15) is 0 Å². The van der Waals surface area contributed by atoms with Gasteiger partial charge in [0.25, 0.3) is 5.91 Å². The molecule has 154 valence electrons. The Morgan fingerprint density at radius 2 is 1.81 bits per heavy atom. The van der Waals surface area contributed by atoms with E-state index >= 15 is 0 Å². The molecule has 0 unspecified atom stereocenters. The van der Waals surface area contributed by atoms with Crippen molar-refractivity contribution in [2.75, 3.05) is 6.79 Å². The van der Waals surface area contributed by atoms with E-state index in [1.807, 2.05) is 48.5 Å². The minimum absolute atomic E-state index is 0.215. The molecule has 1 aliphatic rings. The number of carbonyl (C=O) groups excluding carboxylic acids is 1. The molecule has 2 heterocycles. The van der Waals surface area contributed by atoms with Gasteiger partial charge in [-0.25, -0.2) is 4.98 Å². The number of hydrogen-bond acceptors (Lipinski definition) is 5. The fourth-order valence-corrected chi connectivity index (χ4v) is 3.47. The molecule has 0 bridgehead atoms. The van der Waals surface area contributed by atoms with Crippen LogP contribution in [0, 0.1) is 0 Å². The highest BCUT2D eigenvalue weighted by atomic mass is 35.5. The lowest BCUT2D eigenvalue weighted by molar-refractivity contribution is 0.0951. The molecule has 0 spiro atoms. The minimum Gasteiger partial charge on any atom is -0.454 e. The largest absolute Gasteiger partial charge is 0.454 e. The maximum absolute atomic E-state index is 12.9. The van der Waals surface area contributed by atoms with Crippen LogP contribution >= 0.6 is 11.6 Å². The molecule has 0 aliphatic carbocycles. The van der Waals surface area contributed by atoms with Gasteiger partial charge in [0, 0.05) is 22.7 Å². The molecule has 0 atom stereocenters. The van der Waals surface area contributed by atoms with Crippen molar-refractivity contribution in [2.45, 2.75) is 6.54 Å². The average Bonchev–Trinajstić information content (AvgIpc) is 3.47. The first kappa shape index (κ1) is 19.2. The zero-order valence-electron chi connectivity index (χ0n) is 16.3. The Labute approximate surface area is 183 Å². The number of oxazole rings is 1. The molecule has 0 fully saturated rings. The summed E-state index contributed by atoms with van der Waals surface area (Å²) in [7, 11) is 0. The molecular weight excluding hydrogens is 416 g/mol. The Kier molecular flexibility index (Phi) is 5.06. The topological polar surface area (TPSA) is 73.6 Å². The smallest absolute Gasteiger partial charge is 0.252 e. The molecule has 1 N–H and O–H groups in total. The predicted octanol–water partition coefficient (Wildman–Crippen LogP) is 5.32. The standard InChI is InChI=1S/C24H17ClN2O4/c25-17-8-6-16(7-9-17)22-13-27-24(31-22)19-4-2-1-3-18(19)23(28)26-12-15-5-10-20-21(11-15)30-14-29-20/h1-11,13H,12,14H2,(H,26,28). The Hall–Kier alpha value is -3.77. The molecule has 1 aromatic heterocycles. The molecular formula is C24H17ClN2O4. The number of rotatable bonds is 5. The molecule has 1 amide bonds. The van der Waals surface area contributed by atoms with Crippen LogP contribution in [0.3, 0.4) is 0 Å². The zero-order valence-corrected chi connectivity index (χ0v) is 17.1. The number of nitrogens with one attached hydrogen (secondary N) is 1. The number of carbonyl (C=O) groups is 1. The number of aromatic nitrogens is 1. The maximum Gasteiger partial charge on any atom is 0.252 e. The van der Waals surface area contributed by atoms with Gasteiger partial charge in [-0.3, -0.25) is 4.79 Å². The number of halogens is 1. The molecule has 4 aromatic rings. The van der Waals surface area contributed by atoms with Crippen molar-refractivity contribution < 1.29 is 18.7 Å². The summed E-state index contributed by atoms with van der Waals surface area (Å²) in [6.07, 6.45) is 1.64. The highest BCUT2D eigenvalue weighted by molar-refractivity contribution is 6.30. The van der Waals surface area contributed by atoms with E-state index in [-0.39, 0.29) is 12.7 Å². The SMILES string of the molecule is O=C(NCc1ccc2c(c1)OCO2)c1ccccc1-c1ncc(-c2ccc(Cl)cc2)o1. The van der Waals surface area contributed by atoms with E-state index in [1.165, 1.54) is 0 Å². The van der Waals surface area contributed by atoms with Crippen LogP contribution in [0.2, 0.25) is 5.02 Å². The number of ether oxygens (including phenoxy) is 2. The summed E-state index contributed by atoms with van der Waals surface area (Å²) in [6, 6.07) is 20.1. The van der Waals surface area contributed by atoms with E-state index in [0.717, 1.165) is 11.1 Å². The van der Waals surface area contributed by atoms with E-state index < -0.39 is 0 Å². The van der Waals surface area contributed by atoms with E-state index in [0.29, 0.717) is 45.8 Å². The lowest BCUT2D eigenvalue weighted by Crippen LogP contribution is -2.23. The highest BCUT2D eigenvalue weighted by Gasteiger charge is 2.18. The third-order valence-corrected chi connectivity index (χ3v) is 5.18. The fraction of sp³-hybridized carbons (Fsp3) is 0.0833. The Morgan fingerprint density at radius 1 is 1.00 bits per heavy atom. The van der Waals surface area contributed by atoms with Gasteiger partial charge in [0.15, 0.2) is 17.3 Å². The van der Waals surface area contributed by atoms with Gasteiger partial charge in [-0.05, 0) is 54.1 Å². The molecule has 5 rings (SSSR count). The Balaban J connectivity index is 1.35. The number of amides is 1. The fourth-order valence-electron chi connectivity index (χ4n) is 3.34. The molecule has 31 heavy (non-hydrogen) atoms. The van der Waals surface area contributed by atoms with E-state index in [4.69, 9.17) is 25.5 Å². The van der Waals surface area contributed by atoms with Gasteiger partial charge in [-0.1, -0.05) is 29.8 Å². The first-order chi connectivity index (χ1) is 15.2. The van der Waals surface area contributed by atoms with E-state index in [2.05, 4.69) is 10.3 Å². The van der Waals surface area contributed by atoms with Crippen LogP contribution in [-0.4, -0.2) is 17.7 Å². The van der Waals surface area contributed by atoms with Crippen LogP contribution in [-0.2, 0) is 6.54 Å². The number of nitrogens with zero attached hydrogens (tertiary/aromatic N) is 1. The normalized spacial score (nSPS) is 12.0. The van der Waals surface area contributed by atoms with Gasteiger partial charge in [0.2, 0.25) is 12.7 Å². The third-order valence-electron chi connectivity index (χ3n) is 4.93. The summed E-state index contributed by atoms with van der Waals surface area (Å²) in [4.78, 5) is 17.3. The number of fused-ring (bicyclic) bond motifs is 1. The summed E-state index contributed by atoms with van der Waals surface area (Å²) < 4.78 is 16.6. The summed E-state index contributed by atoms with van der Waals surface area (Å²) in [6.45, 7) is 0.568. The van der Waals surface area contributed by atoms with Gasteiger partial charge in [-0.15, -0.1) is 0 Å². The number of hydrogen-bond donors (Lipinski definition) is 1. The van der Waals surface area contributed by atoms with Crippen molar-refractivity contribution in [2.24, 2.45) is 0 Å². The van der Waals surface area contributed by atoms with Crippen LogP contribution < -0.4 is 14.8 Å². The van der Waals surface area contributed by atoms with Gasteiger partial charge in [0.05, 0.1) is 11.8 Å². The first-order valence-electron chi connectivity index (χ1n) is 9.65. The summed E-state index contributed by atoms with van der Waals surface area (Å²) in [5, 5.41) is 3.59. The summed E-state index contributed by atoms with van der Waals surface area (Å²) in [5.74, 6) is 2.14. The molecule has 3 aromatic carbocycles. The van der Waals surface area contributed by atoms with Crippen LogP contribution in [0.25, 0.3) is 22.8 Å². The lowest BCUT2D eigenvalue weighted by atomic mass is 10.1. The van der Waals surface area contributed by atoms with Crippen molar-refractivity contribution >= 4 is 17.5 Å². The Bertz CT molecular complexity index is 1250. The third kappa shape index (κ3) is 3.98. The van der Waals surface area contributed by atoms with Crippen LogP contribution in [0.5, 0.6) is 11.5 Å². The quantitative estimate of drug-likeness (QED) is 0.462. The van der Waals surface area contributed by atoms with Gasteiger partial charge < -0.3 is 19.2 Å². The van der Waals surface area contributed by atoms with Crippen LogP contribution in [0.1, 0.15) is 15.9 Å². The van der Waals surface area contributed by atoms with Crippen molar-refractivity contribution in [3.63, 3.8) is 0 Å². The maximum atomic E-state index is 12.9. The number of benzene rings is 3. The van der Waals surface area contributed by atoms with Crippen molar-refractivity contribution in [3.05, 3.63) is 89.1 Å². The monoisotopic (exact) mass is 432 g/mol. The first-order valence-corrected chi connectivity index (χ1v) is 10.0. The molecule has 7 heteroatoms. The molecule has 1 aliphatic heterocycles. The highest BCUT2D eigenvalue weighted by Crippen LogP contribution is 2.33. The molecule has 0 saturated carbocycles. The van der Waals surface area contributed by atoms with Crippen LogP contribution in [0.4, 0.5) is 0 Å². The van der Waals surface area contributed by atoms with Gasteiger partial charge in [-0.2, -0.15) is 0 Å². The minimum atomic E-state index is -0.223. The van der Waals surface area contributed by atoms with E-state index in [9.17, 15) is 4.79 Å². The molecule has 0 radical (unpaired) electrons. The van der Waals surface area contributed by atoms with Crippen molar-refractivity contribution in [1.82, 2.24) is 10.3 Å². The van der Waals surface area contributed by atoms with Crippen molar-refractivity contribution in [1.29, 1.82) is 0 Å². The second kappa shape index (κ2) is 8.16. The summed E-state index contributed by atoms with van der Waals surface area (Å²) in [5.41, 5.74) is 2.86.